The van der Waals surface area contributed by atoms with E-state index in [1.54, 1.807) is 6.92 Å². The van der Waals surface area contributed by atoms with Gasteiger partial charge in [0.2, 0.25) is 0 Å². The van der Waals surface area contributed by atoms with Crippen molar-refractivity contribution in [3.63, 3.8) is 0 Å². The van der Waals surface area contributed by atoms with Crippen molar-refractivity contribution >= 4 is 23.0 Å². The Morgan fingerprint density at radius 1 is 1.04 bits per heavy atom. The van der Waals surface area contributed by atoms with Gasteiger partial charge in [-0.3, -0.25) is 9.59 Å². The molecule has 0 radical (unpaired) electrons. The lowest BCUT2D eigenvalue weighted by atomic mass is 10.1. The van der Waals surface area contributed by atoms with Gasteiger partial charge in [-0.05, 0) is 56.8 Å². The minimum Gasteiger partial charge on any atom is -0.337 e. The highest BCUT2D eigenvalue weighted by atomic mass is 32.1. The number of ketones is 1. The summed E-state index contributed by atoms with van der Waals surface area (Å²) in [4.78, 5) is 30.3. The molecule has 0 N–H and O–H groups in total. The molecule has 126 valence electrons. The third kappa shape index (κ3) is 3.74. The molecule has 1 aliphatic heterocycles. The van der Waals surface area contributed by atoms with Crippen molar-refractivity contribution in [1.29, 1.82) is 0 Å². The number of Topliss-reactive ketones (excluding diaryl/α,β-unsaturated/α-hetero) is 1. The van der Waals surface area contributed by atoms with Crippen molar-refractivity contribution in [3.05, 3.63) is 46.8 Å². The molecule has 4 nitrogen and oxygen atoms in total. The van der Waals surface area contributed by atoms with Gasteiger partial charge in [-0.2, -0.15) is 0 Å². The van der Waals surface area contributed by atoms with E-state index >= 15 is 0 Å². The van der Waals surface area contributed by atoms with Crippen LogP contribution < -0.4 is 0 Å². The first-order valence-corrected chi connectivity index (χ1v) is 9.05. The van der Waals surface area contributed by atoms with Crippen molar-refractivity contribution in [3.8, 4) is 10.4 Å². The van der Waals surface area contributed by atoms with Crippen LogP contribution in [0.5, 0.6) is 0 Å². The van der Waals surface area contributed by atoms with Crippen molar-refractivity contribution in [2.45, 2.75) is 13.3 Å². The molecule has 0 atom stereocenters. The predicted octanol–water partition coefficient (Wildman–Crippen LogP) is 3.40. The third-order valence-corrected chi connectivity index (χ3v) is 5.59. The molecule has 1 fully saturated rings. The first-order chi connectivity index (χ1) is 11.5. The van der Waals surface area contributed by atoms with E-state index in [0.717, 1.165) is 53.5 Å². The van der Waals surface area contributed by atoms with Crippen LogP contribution in [-0.2, 0) is 0 Å². The van der Waals surface area contributed by atoms with Crippen LogP contribution >= 0.6 is 11.3 Å². The number of hydrogen-bond acceptors (Lipinski definition) is 4. The largest absolute Gasteiger partial charge is 0.337 e. The second kappa shape index (κ2) is 7.28. The topological polar surface area (TPSA) is 40.6 Å². The number of carbonyl (C=O) groups is 2. The van der Waals surface area contributed by atoms with E-state index in [-0.39, 0.29) is 11.7 Å². The quantitative estimate of drug-likeness (QED) is 0.803. The highest BCUT2D eigenvalue weighted by Gasteiger charge is 2.19. The fraction of sp³-hybridized carbons (Fsp3) is 0.368. The summed E-state index contributed by atoms with van der Waals surface area (Å²) in [6, 6.07) is 11.5. The fourth-order valence-corrected chi connectivity index (χ4v) is 3.82. The van der Waals surface area contributed by atoms with Gasteiger partial charge in [-0.1, -0.05) is 12.1 Å². The maximum absolute atomic E-state index is 12.8. The highest BCUT2D eigenvalue weighted by Crippen LogP contribution is 2.29. The molecule has 24 heavy (non-hydrogen) atoms. The summed E-state index contributed by atoms with van der Waals surface area (Å²) >= 11 is 1.47. The van der Waals surface area contributed by atoms with Gasteiger partial charge >= 0.3 is 0 Å². The number of nitrogens with zero attached hydrogens (tertiary/aromatic N) is 2. The zero-order valence-corrected chi connectivity index (χ0v) is 14.9. The average Bonchev–Trinajstić information content (AvgIpc) is 2.98. The Balaban J connectivity index is 1.81. The van der Waals surface area contributed by atoms with Crippen LogP contribution in [0.3, 0.4) is 0 Å². The van der Waals surface area contributed by atoms with Gasteiger partial charge in [0.05, 0.1) is 4.88 Å². The zero-order valence-electron chi connectivity index (χ0n) is 14.1. The van der Waals surface area contributed by atoms with Crippen LogP contribution in [0, 0.1) is 0 Å². The summed E-state index contributed by atoms with van der Waals surface area (Å²) < 4.78 is 0. The van der Waals surface area contributed by atoms with E-state index < -0.39 is 0 Å². The first-order valence-electron chi connectivity index (χ1n) is 8.23. The minimum absolute atomic E-state index is 0.0761. The van der Waals surface area contributed by atoms with Gasteiger partial charge in [0.15, 0.2) is 5.78 Å². The Kier molecular flexibility index (Phi) is 5.11. The lowest BCUT2D eigenvalue weighted by Crippen LogP contribution is -2.34. The predicted molar refractivity (Wildman–Crippen MR) is 97.8 cm³/mol. The Hall–Kier alpha value is -1.98. The fourth-order valence-electron chi connectivity index (χ4n) is 2.92. The molecule has 1 aliphatic rings. The van der Waals surface area contributed by atoms with Crippen LogP contribution in [0.2, 0.25) is 0 Å². The molecule has 1 saturated heterocycles. The van der Waals surface area contributed by atoms with Gasteiger partial charge in [-0.15, -0.1) is 11.3 Å². The number of rotatable bonds is 3. The molecular formula is C19H22N2O2S. The smallest absolute Gasteiger partial charge is 0.253 e. The second-order valence-corrected chi connectivity index (χ2v) is 7.33. The summed E-state index contributed by atoms with van der Waals surface area (Å²) in [6.07, 6.45) is 1.01. The maximum atomic E-state index is 12.8. The van der Waals surface area contributed by atoms with Crippen LogP contribution in [0.15, 0.2) is 36.4 Å². The Bertz CT molecular complexity index is 753. The molecule has 1 amide bonds. The summed E-state index contributed by atoms with van der Waals surface area (Å²) in [7, 11) is 2.10. The van der Waals surface area contributed by atoms with E-state index in [9.17, 15) is 9.59 Å². The number of likely N-dealkylation sites (N-methyl/N-ethyl adjacent to an activating group) is 1. The Morgan fingerprint density at radius 2 is 1.88 bits per heavy atom. The van der Waals surface area contributed by atoms with E-state index in [1.807, 2.05) is 41.3 Å². The van der Waals surface area contributed by atoms with E-state index in [0.29, 0.717) is 0 Å². The van der Waals surface area contributed by atoms with Gasteiger partial charge in [0, 0.05) is 30.1 Å². The molecule has 0 aliphatic carbocycles. The number of benzene rings is 1. The van der Waals surface area contributed by atoms with Crippen LogP contribution in [0.4, 0.5) is 0 Å². The summed E-state index contributed by atoms with van der Waals surface area (Å²) in [6.45, 7) is 5.10. The molecule has 1 aromatic heterocycles. The van der Waals surface area contributed by atoms with Crippen molar-refractivity contribution in [1.82, 2.24) is 9.80 Å². The lowest BCUT2D eigenvalue weighted by molar-refractivity contribution is 0.0762. The summed E-state index contributed by atoms with van der Waals surface area (Å²) in [5.41, 5.74) is 1.71. The molecule has 2 heterocycles. The number of thiophene rings is 1. The van der Waals surface area contributed by atoms with E-state index in [4.69, 9.17) is 0 Å². The Morgan fingerprint density at radius 3 is 2.62 bits per heavy atom. The highest BCUT2D eigenvalue weighted by molar-refractivity contribution is 7.17. The molecular weight excluding hydrogens is 320 g/mol. The number of hydrogen-bond donors (Lipinski definition) is 0. The Labute approximate surface area is 146 Å². The van der Waals surface area contributed by atoms with Crippen molar-refractivity contribution < 1.29 is 9.59 Å². The lowest BCUT2D eigenvalue weighted by Gasteiger charge is -2.20. The van der Waals surface area contributed by atoms with Crippen molar-refractivity contribution in [2.24, 2.45) is 0 Å². The van der Waals surface area contributed by atoms with Gasteiger partial charge in [-0.25, -0.2) is 0 Å². The molecule has 0 unspecified atom stereocenters. The van der Waals surface area contributed by atoms with Gasteiger partial charge in [0.25, 0.3) is 5.91 Å². The van der Waals surface area contributed by atoms with Gasteiger partial charge in [0.1, 0.15) is 0 Å². The van der Waals surface area contributed by atoms with Crippen LogP contribution in [0.25, 0.3) is 10.4 Å². The monoisotopic (exact) mass is 342 g/mol. The third-order valence-electron chi connectivity index (χ3n) is 4.35. The number of carbonyl (C=O) groups excluding carboxylic acids is 2. The summed E-state index contributed by atoms with van der Waals surface area (Å²) in [5, 5.41) is 0. The van der Waals surface area contributed by atoms with E-state index in [1.165, 1.54) is 11.3 Å². The van der Waals surface area contributed by atoms with Gasteiger partial charge < -0.3 is 9.80 Å². The molecule has 0 bridgehead atoms. The SMILES string of the molecule is CC(=O)c1ccc(-c2cccc(C(=O)N3CCCN(C)CC3)c2)s1. The standard InChI is InChI=1S/C19H22N2O2S/c1-14(22)17-7-8-18(24-17)15-5-3-6-16(13-15)19(23)21-10-4-9-20(2)11-12-21/h3,5-8,13H,4,9-12H2,1-2H3. The maximum Gasteiger partial charge on any atom is 0.253 e. The second-order valence-electron chi connectivity index (χ2n) is 6.25. The molecule has 2 aromatic rings. The van der Waals surface area contributed by atoms with E-state index in [2.05, 4.69) is 11.9 Å². The average molecular weight is 342 g/mol. The number of amides is 1. The molecule has 0 saturated carbocycles. The van der Waals surface area contributed by atoms with Crippen LogP contribution in [0.1, 0.15) is 33.4 Å². The molecule has 1 aromatic carbocycles. The summed E-state index contributed by atoms with van der Waals surface area (Å²) in [5.74, 6) is 0.169. The van der Waals surface area contributed by atoms with Crippen LogP contribution in [-0.4, -0.2) is 54.7 Å². The minimum atomic E-state index is 0.0761. The molecule has 0 spiro atoms. The first kappa shape index (κ1) is 16.9. The zero-order chi connectivity index (χ0) is 17.1. The molecule has 5 heteroatoms. The molecule has 3 rings (SSSR count). The van der Waals surface area contributed by atoms with Crippen molar-refractivity contribution in [2.75, 3.05) is 33.2 Å². The normalized spacial score (nSPS) is 16.0.